The molecule has 0 saturated heterocycles. The van der Waals surface area contributed by atoms with Gasteiger partial charge in [0.25, 0.3) is 0 Å². The first-order valence-electron chi connectivity index (χ1n) is 4.50. The van der Waals surface area contributed by atoms with Crippen molar-refractivity contribution in [2.45, 2.75) is 26.7 Å². The molecule has 68 valence electrons. The molecule has 0 fully saturated rings. The molecule has 1 N–H and O–H groups in total. The molecule has 0 spiro atoms. The lowest BCUT2D eigenvalue weighted by molar-refractivity contribution is 0.273. The Morgan fingerprint density at radius 2 is 1.67 bits per heavy atom. The second-order valence-electron chi connectivity index (χ2n) is 2.49. The zero-order valence-electron chi connectivity index (χ0n) is 8.12. The predicted molar refractivity (Wildman–Crippen MR) is 53.3 cm³/mol. The van der Waals surface area contributed by atoms with Crippen LogP contribution in [0.25, 0.3) is 0 Å². The third kappa shape index (κ3) is 3.54. The first kappa shape index (κ1) is 11.2. The zero-order valence-corrected chi connectivity index (χ0v) is 8.12. The van der Waals surface area contributed by atoms with Gasteiger partial charge in [-0.15, -0.1) is 0 Å². The fraction of sp³-hybridized carbons (Fsp3) is 0.455. The van der Waals surface area contributed by atoms with Gasteiger partial charge in [-0.05, 0) is 5.56 Å². The highest BCUT2D eigenvalue weighted by Crippen LogP contribution is 2.12. The highest BCUT2D eigenvalue weighted by Gasteiger charge is 2.00. The zero-order chi connectivity index (χ0) is 9.40. The predicted octanol–water partition coefficient (Wildman–Crippen LogP) is 2.81. The minimum atomic E-state index is 0.226. The van der Waals surface area contributed by atoms with Gasteiger partial charge in [-0.2, -0.15) is 0 Å². The largest absolute Gasteiger partial charge is 0.396 e. The molecule has 1 rings (SSSR count). The van der Waals surface area contributed by atoms with E-state index in [1.807, 2.05) is 51.1 Å². The van der Waals surface area contributed by atoms with E-state index >= 15 is 0 Å². The smallest absolute Gasteiger partial charge is 0.0497 e. The maximum atomic E-state index is 8.79. The maximum absolute atomic E-state index is 8.79. The molecule has 0 heterocycles. The van der Waals surface area contributed by atoms with Gasteiger partial charge in [0.2, 0.25) is 0 Å². The first-order chi connectivity index (χ1) is 5.84. The Labute approximate surface area is 75.1 Å². The van der Waals surface area contributed by atoms with E-state index in [0.717, 1.165) is 0 Å². The van der Waals surface area contributed by atoms with Gasteiger partial charge in [-0.3, -0.25) is 0 Å². The fourth-order valence-electron chi connectivity index (χ4n) is 0.887. The summed E-state index contributed by atoms with van der Waals surface area (Å²) in [4.78, 5) is 0. The summed E-state index contributed by atoms with van der Waals surface area (Å²) < 4.78 is 0. The summed E-state index contributed by atoms with van der Waals surface area (Å²) in [6.07, 6.45) is 0. The van der Waals surface area contributed by atoms with E-state index in [4.69, 9.17) is 5.11 Å². The summed E-state index contributed by atoms with van der Waals surface area (Å²) in [7, 11) is 0. The SMILES string of the molecule is CC.CC(CO)c1ccccc1. The topological polar surface area (TPSA) is 20.2 Å². The molecule has 0 amide bonds. The van der Waals surface area contributed by atoms with Crippen LogP contribution in [0.3, 0.4) is 0 Å². The molecular weight excluding hydrogens is 148 g/mol. The average molecular weight is 166 g/mol. The van der Waals surface area contributed by atoms with Crippen LogP contribution in [0.15, 0.2) is 30.3 Å². The van der Waals surface area contributed by atoms with E-state index in [1.165, 1.54) is 5.56 Å². The van der Waals surface area contributed by atoms with Gasteiger partial charge in [0, 0.05) is 12.5 Å². The standard InChI is InChI=1S/C9H12O.C2H6/c1-8(7-10)9-5-3-2-4-6-9;1-2/h2-6,8,10H,7H2,1H3;1-2H3. The molecule has 0 aliphatic carbocycles. The van der Waals surface area contributed by atoms with Crippen molar-refractivity contribution in [3.05, 3.63) is 35.9 Å². The molecule has 1 aromatic carbocycles. The Balaban J connectivity index is 0.000000561. The minimum Gasteiger partial charge on any atom is -0.396 e. The van der Waals surface area contributed by atoms with Gasteiger partial charge in [0.15, 0.2) is 0 Å². The first-order valence-corrected chi connectivity index (χ1v) is 4.50. The van der Waals surface area contributed by atoms with Crippen molar-refractivity contribution in [1.82, 2.24) is 0 Å². The summed E-state index contributed by atoms with van der Waals surface area (Å²) >= 11 is 0. The fourth-order valence-corrected chi connectivity index (χ4v) is 0.887. The Hall–Kier alpha value is -0.820. The van der Waals surface area contributed by atoms with Gasteiger partial charge in [-0.25, -0.2) is 0 Å². The number of hydrogen-bond donors (Lipinski definition) is 1. The monoisotopic (exact) mass is 166 g/mol. The van der Waals surface area contributed by atoms with E-state index in [9.17, 15) is 0 Å². The van der Waals surface area contributed by atoms with Crippen molar-refractivity contribution in [1.29, 1.82) is 0 Å². The Bertz CT molecular complexity index is 181. The molecular formula is C11H18O. The second kappa shape index (κ2) is 6.86. The summed E-state index contributed by atoms with van der Waals surface area (Å²) in [5.74, 6) is 0.265. The van der Waals surface area contributed by atoms with Crippen molar-refractivity contribution in [3.63, 3.8) is 0 Å². The van der Waals surface area contributed by atoms with Crippen LogP contribution in [0, 0.1) is 0 Å². The van der Waals surface area contributed by atoms with Crippen LogP contribution in [-0.4, -0.2) is 11.7 Å². The molecule has 0 bridgehead atoms. The lowest BCUT2D eigenvalue weighted by atomic mass is 10.0. The van der Waals surface area contributed by atoms with Crippen molar-refractivity contribution >= 4 is 0 Å². The van der Waals surface area contributed by atoms with Crippen molar-refractivity contribution in [2.24, 2.45) is 0 Å². The molecule has 1 aromatic rings. The summed E-state index contributed by atoms with van der Waals surface area (Å²) in [5.41, 5.74) is 1.20. The summed E-state index contributed by atoms with van der Waals surface area (Å²) in [6, 6.07) is 10.0. The lowest BCUT2D eigenvalue weighted by Crippen LogP contribution is -1.97. The van der Waals surface area contributed by atoms with Gasteiger partial charge in [-0.1, -0.05) is 51.1 Å². The van der Waals surface area contributed by atoms with Crippen molar-refractivity contribution < 1.29 is 5.11 Å². The molecule has 0 aliphatic rings. The molecule has 1 atom stereocenters. The third-order valence-electron chi connectivity index (χ3n) is 1.64. The number of benzene rings is 1. The van der Waals surface area contributed by atoms with Crippen LogP contribution < -0.4 is 0 Å². The maximum Gasteiger partial charge on any atom is 0.0497 e. The van der Waals surface area contributed by atoms with Crippen LogP contribution >= 0.6 is 0 Å². The van der Waals surface area contributed by atoms with E-state index < -0.39 is 0 Å². The average Bonchev–Trinajstić information content (AvgIpc) is 2.21. The van der Waals surface area contributed by atoms with E-state index in [1.54, 1.807) is 0 Å². The Morgan fingerprint density at radius 1 is 1.17 bits per heavy atom. The van der Waals surface area contributed by atoms with Gasteiger partial charge in [0.1, 0.15) is 0 Å². The molecule has 0 aliphatic heterocycles. The molecule has 1 nitrogen and oxygen atoms in total. The van der Waals surface area contributed by atoms with Crippen LogP contribution in [-0.2, 0) is 0 Å². The minimum absolute atomic E-state index is 0.226. The van der Waals surface area contributed by atoms with E-state index in [0.29, 0.717) is 0 Å². The van der Waals surface area contributed by atoms with E-state index in [-0.39, 0.29) is 12.5 Å². The number of aliphatic hydroxyl groups excluding tert-OH is 1. The molecule has 1 unspecified atom stereocenters. The van der Waals surface area contributed by atoms with Crippen LogP contribution in [0.4, 0.5) is 0 Å². The molecule has 12 heavy (non-hydrogen) atoms. The van der Waals surface area contributed by atoms with Crippen molar-refractivity contribution in [2.75, 3.05) is 6.61 Å². The molecule has 0 saturated carbocycles. The third-order valence-corrected chi connectivity index (χ3v) is 1.64. The Morgan fingerprint density at radius 3 is 2.08 bits per heavy atom. The number of aliphatic hydroxyl groups is 1. The highest BCUT2D eigenvalue weighted by molar-refractivity contribution is 5.18. The van der Waals surface area contributed by atoms with Gasteiger partial charge in [0.05, 0.1) is 0 Å². The van der Waals surface area contributed by atoms with Crippen molar-refractivity contribution in [3.8, 4) is 0 Å². The van der Waals surface area contributed by atoms with Crippen LogP contribution in [0.2, 0.25) is 0 Å². The number of hydrogen-bond acceptors (Lipinski definition) is 1. The normalized spacial score (nSPS) is 11.3. The lowest BCUT2D eigenvalue weighted by Gasteiger charge is -2.05. The molecule has 0 aromatic heterocycles. The highest BCUT2D eigenvalue weighted by atomic mass is 16.3. The molecule has 0 radical (unpaired) electrons. The van der Waals surface area contributed by atoms with Crippen LogP contribution in [0.5, 0.6) is 0 Å². The quantitative estimate of drug-likeness (QED) is 0.716. The number of rotatable bonds is 2. The Kier molecular flexibility index (Phi) is 6.39. The van der Waals surface area contributed by atoms with Gasteiger partial charge >= 0.3 is 0 Å². The van der Waals surface area contributed by atoms with E-state index in [2.05, 4.69) is 0 Å². The summed E-state index contributed by atoms with van der Waals surface area (Å²) in [6.45, 7) is 6.24. The molecule has 1 heteroatoms. The summed E-state index contributed by atoms with van der Waals surface area (Å²) in [5, 5.41) is 8.79. The second-order valence-corrected chi connectivity index (χ2v) is 2.49. The van der Waals surface area contributed by atoms with Gasteiger partial charge < -0.3 is 5.11 Å². The van der Waals surface area contributed by atoms with Crippen LogP contribution in [0.1, 0.15) is 32.3 Å².